The summed E-state index contributed by atoms with van der Waals surface area (Å²) in [5.41, 5.74) is 2.31. The summed E-state index contributed by atoms with van der Waals surface area (Å²) in [4.78, 5) is 22.9. The van der Waals surface area contributed by atoms with Gasteiger partial charge in [-0.05, 0) is 0 Å². The molecule has 5 N–H and O–H groups in total. The molecule has 1 amide bonds. The van der Waals surface area contributed by atoms with Gasteiger partial charge in [0.2, 0.25) is 17.8 Å². The summed E-state index contributed by atoms with van der Waals surface area (Å²) in [5.74, 6) is 5.72. The van der Waals surface area contributed by atoms with Crippen LogP contribution >= 0.6 is 0 Å². The van der Waals surface area contributed by atoms with Gasteiger partial charge < -0.3 is 15.4 Å². The highest BCUT2D eigenvalue weighted by molar-refractivity contribution is 5.79. The lowest BCUT2D eigenvalue weighted by Crippen LogP contribution is -2.24. The predicted octanol–water partition coefficient (Wildman–Crippen LogP) is -1.53. The van der Waals surface area contributed by atoms with E-state index in [1.54, 1.807) is 0 Å². The van der Waals surface area contributed by atoms with E-state index in [1.807, 2.05) is 0 Å². The first-order chi connectivity index (χ1) is 8.21. The van der Waals surface area contributed by atoms with E-state index in [0.717, 1.165) is 0 Å². The molecule has 9 nitrogen and oxygen atoms in total. The van der Waals surface area contributed by atoms with Gasteiger partial charge in [0, 0.05) is 13.0 Å². The summed E-state index contributed by atoms with van der Waals surface area (Å²) in [7, 11) is 1.44. The van der Waals surface area contributed by atoms with Crippen molar-refractivity contribution in [3.8, 4) is 6.01 Å². The Balaban J connectivity index is 2.11. The smallest absolute Gasteiger partial charge is 0.322 e. The number of nitrogens with two attached hydrogens (primary N) is 1. The molecule has 2 heterocycles. The van der Waals surface area contributed by atoms with Crippen molar-refractivity contribution in [2.75, 3.05) is 24.4 Å². The highest BCUT2D eigenvalue weighted by atomic mass is 16.5. The maximum absolute atomic E-state index is 11.0. The molecule has 17 heavy (non-hydrogen) atoms. The van der Waals surface area contributed by atoms with E-state index in [9.17, 15) is 4.79 Å². The zero-order valence-corrected chi connectivity index (χ0v) is 9.23. The van der Waals surface area contributed by atoms with Gasteiger partial charge in [0.1, 0.15) is 0 Å². The number of amides is 1. The van der Waals surface area contributed by atoms with Crippen molar-refractivity contribution >= 4 is 17.8 Å². The molecule has 1 fully saturated rings. The number of rotatable bonds is 4. The Morgan fingerprint density at radius 1 is 1.41 bits per heavy atom. The highest BCUT2D eigenvalue weighted by Crippen LogP contribution is 2.12. The number of hydrogen-bond donors (Lipinski definition) is 4. The van der Waals surface area contributed by atoms with Crippen molar-refractivity contribution in [2.45, 2.75) is 12.5 Å². The van der Waals surface area contributed by atoms with Crippen molar-refractivity contribution in [3.05, 3.63) is 0 Å². The fourth-order valence-corrected chi connectivity index (χ4v) is 1.47. The van der Waals surface area contributed by atoms with Crippen LogP contribution in [-0.4, -0.2) is 40.6 Å². The molecule has 1 aliphatic heterocycles. The average Bonchev–Trinajstić information content (AvgIpc) is 2.74. The van der Waals surface area contributed by atoms with Gasteiger partial charge in [0.25, 0.3) is 0 Å². The van der Waals surface area contributed by atoms with Gasteiger partial charge in [0.15, 0.2) is 0 Å². The Labute approximate surface area is 97.1 Å². The van der Waals surface area contributed by atoms with Gasteiger partial charge in [-0.25, -0.2) is 5.84 Å². The molecule has 0 aromatic carbocycles. The lowest BCUT2D eigenvalue weighted by Gasteiger charge is -2.11. The molecule has 1 unspecified atom stereocenters. The van der Waals surface area contributed by atoms with Crippen LogP contribution in [0.1, 0.15) is 6.42 Å². The second kappa shape index (κ2) is 4.78. The molecule has 92 valence electrons. The van der Waals surface area contributed by atoms with E-state index >= 15 is 0 Å². The van der Waals surface area contributed by atoms with Crippen LogP contribution in [0.25, 0.3) is 0 Å². The van der Waals surface area contributed by atoms with Gasteiger partial charge in [0.05, 0.1) is 13.2 Å². The van der Waals surface area contributed by atoms with Crippen LogP contribution in [0, 0.1) is 0 Å². The van der Waals surface area contributed by atoms with Crippen LogP contribution in [0.5, 0.6) is 6.01 Å². The maximum atomic E-state index is 11.0. The number of nitrogen functional groups attached to an aromatic ring is 1. The fraction of sp³-hybridized carbons (Fsp3) is 0.500. The first kappa shape index (κ1) is 11.3. The number of aromatic nitrogens is 3. The van der Waals surface area contributed by atoms with Crippen molar-refractivity contribution < 1.29 is 9.53 Å². The van der Waals surface area contributed by atoms with E-state index in [2.05, 4.69) is 31.0 Å². The van der Waals surface area contributed by atoms with E-state index in [1.165, 1.54) is 7.11 Å². The Bertz CT molecular complexity index is 402. The summed E-state index contributed by atoms with van der Waals surface area (Å²) in [6.07, 6.45) is 0.388. The van der Waals surface area contributed by atoms with Crippen molar-refractivity contribution in [1.29, 1.82) is 0 Å². The zero-order valence-electron chi connectivity index (χ0n) is 9.23. The first-order valence-corrected chi connectivity index (χ1v) is 5.01. The van der Waals surface area contributed by atoms with E-state index in [0.29, 0.717) is 18.9 Å². The monoisotopic (exact) mass is 239 g/mol. The number of nitrogens with zero attached hydrogens (tertiary/aromatic N) is 3. The third-order valence-corrected chi connectivity index (χ3v) is 2.24. The molecular formula is C8H13N7O2. The lowest BCUT2D eigenvalue weighted by molar-refractivity contribution is -0.119. The number of ether oxygens (including phenoxy) is 1. The van der Waals surface area contributed by atoms with Gasteiger partial charge in [-0.1, -0.05) is 0 Å². The molecule has 0 spiro atoms. The number of carbonyl (C=O) groups excluding carboxylic acids is 1. The standard InChI is InChI=1S/C8H13N7O2/c1-17-8-13-6(12-7(14-8)15-9)11-4-2-5(16)10-3-4/h4H,2-3,9H2,1H3,(H,10,16)(H2,11,12,13,14,15). The average molecular weight is 239 g/mol. The minimum absolute atomic E-state index is 0.000643. The SMILES string of the molecule is COc1nc(NN)nc(NC2CNC(=O)C2)n1. The molecule has 0 bridgehead atoms. The van der Waals surface area contributed by atoms with Crippen LogP contribution in [0.15, 0.2) is 0 Å². The number of methoxy groups -OCH3 is 1. The zero-order chi connectivity index (χ0) is 12.3. The number of anilines is 2. The minimum atomic E-state index is -0.0415. The van der Waals surface area contributed by atoms with Gasteiger partial charge >= 0.3 is 6.01 Å². The second-order valence-corrected chi connectivity index (χ2v) is 3.46. The van der Waals surface area contributed by atoms with E-state index < -0.39 is 0 Å². The Morgan fingerprint density at radius 2 is 2.18 bits per heavy atom. The first-order valence-electron chi connectivity index (χ1n) is 5.01. The minimum Gasteiger partial charge on any atom is -0.467 e. The normalized spacial score (nSPS) is 18.7. The Kier molecular flexibility index (Phi) is 3.19. The summed E-state index contributed by atoms with van der Waals surface area (Å²) < 4.78 is 4.90. The number of nitrogens with one attached hydrogen (secondary N) is 3. The molecule has 2 rings (SSSR count). The van der Waals surface area contributed by atoms with Crippen LogP contribution in [0.3, 0.4) is 0 Å². The molecule has 1 saturated heterocycles. The van der Waals surface area contributed by atoms with Crippen LogP contribution in [-0.2, 0) is 4.79 Å². The highest BCUT2D eigenvalue weighted by Gasteiger charge is 2.22. The molecule has 1 aromatic heterocycles. The third-order valence-electron chi connectivity index (χ3n) is 2.24. The molecule has 0 saturated carbocycles. The van der Waals surface area contributed by atoms with Crippen LogP contribution in [0.2, 0.25) is 0 Å². The maximum Gasteiger partial charge on any atom is 0.322 e. The second-order valence-electron chi connectivity index (χ2n) is 3.46. The third kappa shape index (κ3) is 2.69. The van der Waals surface area contributed by atoms with E-state index in [4.69, 9.17) is 10.6 Å². The van der Waals surface area contributed by atoms with Crippen molar-refractivity contribution in [3.63, 3.8) is 0 Å². The fourth-order valence-electron chi connectivity index (χ4n) is 1.47. The molecule has 0 radical (unpaired) electrons. The predicted molar refractivity (Wildman–Crippen MR) is 59.2 cm³/mol. The molecule has 1 aliphatic rings. The van der Waals surface area contributed by atoms with Crippen LogP contribution in [0.4, 0.5) is 11.9 Å². The number of hydrogen-bond acceptors (Lipinski definition) is 8. The van der Waals surface area contributed by atoms with Gasteiger partial charge in [-0.2, -0.15) is 15.0 Å². The number of hydrazine groups is 1. The largest absolute Gasteiger partial charge is 0.467 e. The molecule has 0 aliphatic carbocycles. The summed E-state index contributed by atoms with van der Waals surface area (Å²) in [6, 6.07) is 0.105. The molecule has 1 atom stereocenters. The molecular weight excluding hydrogens is 226 g/mol. The van der Waals surface area contributed by atoms with Gasteiger partial charge in [-0.3, -0.25) is 10.2 Å². The summed E-state index contributed by atoms with van der Waals surface area (Å²) in [5, 5.41) is 5.70. The quantitative estimate of drug-likeness (QED) is 0.368. The summed E-state index contributed by atoms with van der Waals surface area (Å²) in [6.45, 7) is 0.540. The van der Waals surface area contributed by atoms with Crippen molar-refractivity contribution in [1.82, 2.24) is 20.3 Å². The molecule has 1 aromatic rings. The molecule has 9 heteroatoms. The Morgan fingerprint density at radius 3 is 2.76 bits per heavy atom. The topological polar surface area (TPSA) is 127 Å². The Hall–Kier alpha value is -2.16. The number of carbonyl (C=O) groups is 1. The van der Waals surface area contributed by atoms with E-state index in [-0.39, 0.29) is 23.9 Å². The lowest BCUT2D eigenvalue weighted by atomic mass is 10.3. The summed E-state index contributed by atoms with van der Waals surface area (Å²) >= 11 is 0. The van der Waals surface area contributed by atoms with Gasteiger partial charge in [-0.15, -0.1) is 0 Å². The van der Waals surface area contributed by atoms with Crippen molar-refractivity contribution in [2.24, 2.45) is 5.84 Å². The van der Waals surface area contributed by atoms with Crippen LogP contribution < -0.4 is 26.6 Å².